The molecule has 0 fully saturated rings. The van der Waals surface area contributed by atoms with Gasteiger partial charge in [0.15, 0.2) is 0 Å². The lowest BCUT2D eigenvalue weighted by atomic mass is 10.1. The molecular formula is C14H24N2O2. The summed E-state index contributed by atoms with van der Waals surface area (Å²) in [5.74, 6) is 0. The Morgan fingerprint density at radius 3 is 2.50 bits per heavy atom. The van der Waals surface area contributed by atoms with E-state index in [1.807, 2.05) is 19.1 Å². The Bertz CT molecular complexity index is 338. The zero-order chi connectivity index (χ0) is 13.5. The third-order valence-corrected chi connectivity index (χ3v) is 3.01. The summed E-state index contributed by atoms with van der Waals surface area (Å²) in [7, 11) is 0. The standard InChI is InChI=1S/C14H24N2O2/c1-4-14(18)13-7-6-12(10-15-13)16(11(2)3)8-5-9-17/h6-7,10-11,14,17-18H,4-5,8-9H2,1-3H3/t14-/m0/s1. The highest BCUT2D eigenvalue weighted by Gasteiger charge is 2.12. The van der Waals surface area contributed by atoms with Crippen LogP contribution in [-0.4, -0.2) is 34.4 Å². The van der Waals surface area contributed by atoms with Crippen LogP contribution in [0.3, 0.4) is 0 Å². The lowest BCUT2D eigenvalue weighted by Gasteiger charge is -2.28. The summed E-state index contributed by atoms with van der Waals surface area (Å²) in [6.45, 7) is 7.18. The predicted molar refractivity (Wildman–Crippen MR) is 73.7 cm³/mol. The number of aliphatic hydroxyl groups excluding tert-OH is 2. The van der Waals surface area contributed by atoms with E-state index in [0.29, 0.717) is 18.2 Å². The van der Waals surface area contributed by atoms with Gasteiger partial charge < -0.3 is 15.1 Å². The van der Waals surface area contributed by atoms with Crippen molar-refractivity contribution in [3.05, 3.63) is 24.0 Å². The molecule has 1 heterocycles. The van der Waals surface area contributed by atoms with Gasteiger partial charge in [-0.2, -0.15) is 0 Å². The first-order chi connectivity index (χ1) is 8.60. The molecule has 2 N–H and O–H groups in total. The average molecular weight is 252 g/mol. The Hall–Kier alpha value is -1.13. The Morgan fingerprint density at radius 2 is 2.06 bits per heavy atom. The van der Waals surface area contributed by atoms with Gasteiger partial charge in [-0.3, -0.25) is 4.98 Å². The molecule has 1 aromatic rings. The molecule has 102 valence electrons. The van der Waals surface area contributed by atoms with Crippen molar-refractivity contribution in [1.82, 2.24) is 4.98 Å². The summed E-state index contributed by atoms with van der Waals surface area (Å²) in [4.78, 5) is 6.51. The molecule has 0 unspecified atom stereocenters. The lowest BCUT2D eigenvalue weighted by Crippen LogP contribution is -2.32. The molecule has 0 aromatic carbocycles. The summed E-state index contributed by atoms with van der Waals surface area (Å²) in [5, 5.41) is 18.6. The average Bonchev–Trinajstić information content (AvgIpc) is 2.38. The van der Waals surface area contributed by atoms with Crippen LogP contribution in [0.5, 0.6) is 0 Å². The summed E-state index contributed by atoms with van der Waals surface area (Å²) >= 11 is 0. The molecule has 4 heteroatoms. The number of hydrogen-bond acceptors (Lipinski definition) is 4. The Labute approximate surface area is 109 Å². The monoisotopic (exact) mass is 252 g/mol. The quantitative estimate of drug-likeness (QED) is 0.780. The van der Waals surface area contributed by atoms with Crippen LogP contribution in [0.25, 0.3) is 0 Å². The molecule has 0 aliphatic carbocycles. The van der Waals surface area contributed by atoms with Crippen LogP contribution in [0, 0.1) is 0 Å². The van der Waals surface area contributed by atoms with Crippen LogP contribution in [0.1, 0.15) is 45.4 Å². The van der Waals surface area contributed by atoms with Crippen LogP contribution >= 0.6 is 0 Å². The Balaban J connectivity index is 2.80. The van der Waals surface area contributed by atoms with Gasteiger partial charge in [-0.05, 0) is 38.8 Å². The molecule has 1 rings (SSSR count). The highest BCUT2D eigenvalue weighted by molar-refractivity contribution is 5.45. The topological polar surface area (TPSA) is 56.6 Å². The third-order valence-electron chi connectivity index (χ3n) is 3.01. The fourth-order valence-corrected chi connectivity index (χ4v) is 1.90. The summed E-state index contributed by atoms with van der Waals surface area (Å²) < 4.78 is 0. The minimum absolute atomic E-state index is 0.198. The van der Waals surface area contributed by atoms with Gasteiger partial charge >= 0.3 is 0 Å². The third kappa shape index (κ3) is 3.96. The van der Waals surface area contributed by atoms with Crippen molar-refractivity contribution >= 4 is 5.69 Å². The number of rotatable bonds is 7. The van der Waals surface area contributed by atoms with Crippen LogP contribution < -0.4 is 4.90 Å². The highest BCUT2D eigenvalue weighted by atomic mass is 16.3. The Kier molecular flexibility index (Phi) is 6.09. The van der Waals surface area contributed by atoms with Crippen LogP contribution in [0.4, 0.5) is 5.69 Å². The molecule has 0 aliphatic rings. The Morgan fingerprint density at radius 1 is 1.33 bits per heavy atom. The molecule has 0 aliphatic heterocycles. The first kappa shape index (κ1) is 14.9. The van der Waals surface area contributed by atoms with Gasteiger partial charge in [0.25, 0.3) is 0 Å². The zero-order valence-electron chi connectivity index (χ0n) is 11.5. The molecular weight excluding hydrogens is 228 g/mol. The van der Waals surface area contributed by atoms with Gasteiger partial charge in [0.2, 0.25) is 0 Å². The van der Waals surface area contributed by atoms with E-state index < -0.39 is 6.10 Å². The van der Waals surface area contributed by atoms with Crippen molar-refractivity contribution in [3.63, 3.8) is 0 Å². The van der Waals surface area contributed by atoms with Gasteiger partial charge in [-0.25, -0.2) is 0 Å². The summed E-state index contributed by atoms with van der Waals surface area (Å²) in [5.41, 5.74) is 1.75. The maximum Gasteiger partial charge on any atom is 0.0957 e. The molecule has 1 atom stereocenters. The van der Waals surface area contributed by atoms with E-state index >= 15 is 0 Å². The van der Waals surface area contributed by atoms with Crippen molar-refractivity contribution in [3.8, 4) is 0 Å². The fourth-order valence-electron chi connectivity index (χ4n) is 1.90. The second-order valence-electron chi connectivity index (χ2n) is 4.73. The van der Waals surface area contributed by atoms with Gasteiger partial charge in [0.05, 0.1) is 23.7 Å². The maximum atomic E-state index is 9.70. The van der Waals surface area contributed by atoms with E-state index in [-0.39, 0.29) is 6.61 Å². The first-order valence-corrected chi connectivity index (χ1v) is 6.61. The molecule has 0 saturated heterocycles. The molecule has 0 bridgehead atoms. The smallest absolute Gasteiger partial charge is 0.0957 e. The number of pyridine rings is 1. The molecule has 0 saturated carbocycles. The maximum absolute atomic E-state index is 9.70. The largest absolute Gasteiger partial charge is 0.396 e. The van der Waals surface area contributed by atoms with E-state index in [2.05, 4.69) is 23.7 Å². The number of aliphatic hydroxyl groups is 2. The van der Waals surface area contributed by atoms with Crippen molar-refractivity contribution in [1.29, 1.82) is 0 Å². The second kappa shape index (κ2) is 7.34. The number of nitrogens with zero attached hydrogens (tertiary/aromatic N) is 2. The summed E-state index contributed by atoms with van der Waals surface area (Å²) in [6, 6.07) is 4.22. The predicted octanol–water partition coefficient (Wildman–Crippen LogP) is 2.12. The van der Waals surface area contributed by atoms with Crippen LogP contribution in [-0.2, 0) is 0 Å². The van der Waals surface area contributed by atoms with E-state index in [0.717, 1.165) is 18.7 Å². The minimum Gasteiger partial charge on any atom is -0.396 e. The van der Waals surface area contributed by atoms with Crippen molar-refractivity contribution in [2.75, 3.05) is 18.1 Å². The van der Waals surface area contributed by atoms with E-state index in [4.69, 9.17) is 5.11 Å². The van der Waals surface area contributed by atoms with E-state index in [1.165, 1.54) is 0 Å². The van der Waals surface area contributed by atoms with Gasteiger partial charge in [0.1, 0.15) is 0 Å². The molecule has 0 radical (unpaired) electrons. The fraction of sp³-hybridized carbons (Fsp3) is 0.643. The number of aromatic nitrogens is 1. The molecule has 1 aromatic heterocycles. The SMILES string of the molecule is CC[C@H](O)c1ccc(N(CCCO)C(C)C)cn1. The van der Waals surface area contributed by atoms with Gasteiger partial charge in [-0.15, -0.1) is 0 Å². The molecule has 4 nitrogen and oxygen atoms in total. The second-order valence-corrected chi connectivity index (χ2v) is 4.73. The van der Waals surface area contributed by atoms with E-state index in [9.17, 15) is 5.11 Å². The van der Waals surface area contributed by atoms with Crippen LogP contribution in [0.2, 0.25) is 0 Å². The van der Waals surface area contributed by atoms with Crippen molar-refractivity contribution in [2.45, 2.75) is 45.8 Å². The first-order valence-electron chi connectivity index (χ1n) is 6.61. The molecule has 0 spiro atoms. The minimum atomic E-state index is -0.482. The number of anilines is 1. The van der Waals surface area contributed by atoms with Crippen LogP contribution in [0.15, 0.2) is 18.3 Å². The summed E-state index contributed by atoms with van der Waals surface area (Å²) in [6.07, 6.45) is 2.73. The normalized spacial score (nSPS) is 12.8. The zero-order valence-corrected chi connectivity index (χ0v) is 11.5. The van der Waals surface area contributed by atoms with Gasteiger partial charge in [0, 0.05) is 19.2 Å². The van der Waals surface area contributed by atoms with E-state index in [1.54, 1.807) is 6.20 Å². The van der Waals surface area contributed by atoms with Crippen molar-refractivity contribution in [2.24, 2.45) is 0 Å². The number of hydrogen-bond donors (Lipinski definition) is 2. The lowest BCUT2D eigenvalue weighted by molar-refractivity contribution is 0.169. The van der Waals surface area contributed by atoms with Crippen molar-refractivity contribution < 1.29 is 10.2 Å². The highest BCUT2D eigenvalue weighted by Crippen LogP contribution is 2.20. The van der Waals surface area contributed by atoms with Gasteiger partial charge in [-0.1, -0.05) is 6.92 Å². The molecule has 18 heavy (non-hydrogen) atoms. The molecule has 0 amide bonds.